The largest absolute Gasteiger partial charge is 0.472 e. The number of rotatable bonds is 67. The third-order valence-electron chi connectivity index (χ3n) is 16.5. The van der Waals surface area contributed by atoms with Crippen molar-refractivity contribution in [3.8, 4) is 0 Å². The highest BCUT2D eigenvalue weighted by Gasteiger charge is 2.30. The first-order valence-corrected chi connectivity index (χ1v) is 39.2. The van der Waals surface area contributed by atoms with Gasteiger partial charge < -0.3 is 33.8 Å². The molecule has 4 unspecified atom stereocenters. The molecule has 0 aliphatic rings. The highest BCUT2D eigenvalue weighted by Crippen LogP contribution is 2.45. The number of esters is 4. The maximum absolute atomic E-state index is 13.0. The number of carbonyl (C=O) groups excluding carboxylic acids is 4. The summed E-state index contributed by atoms with van der Waals surface area (Å²) < 4.78 is 68.2. The lowest BCUT2D eigenvalue weighted by Crippen LogP contribution is -2.30. The monoisotopic (exact) mass is 1320 g/mol. The number of allylic oxidation sites excluding steroid dienone is 4. The molecule has 0 aliphatic heterocycles. The van der Waals surface area contributed by atoms with Gasteiger partial charge >= 0.3 is 39.5 Å². The lowest BCUT2D eigenvalue weighted by atomic mass is 9.99. The molecule has 0 aliphatic carbocycles. The van der Waals surface area contributed by atoms with Crippen LogP contribution in [-0.2, 0) is 65.4 Å². The zero-order valence-electron chi connectivity index (χ0n) is 58.1. The molecule has 0 aromatic heterocycles. The molecule has 0 saturated heterocycles. The van der Waals surface area contributed by atoms with E-state index >= 15 is 0 Å². The molecule has 0 amide bonds. The predicted molar refractivity (Wildman–Crippen MR) is 363 cm³/mol. The van der Waals surface area contributed by atoms with Crippen LogP contribution in [0.5, 0.6) is 0 Å². The summed E-state index contributed by atoms with van der Waals surface area (Å²) in [6, 6.07) is 0. The Bertz CT molecular complexity index is 1860. The normalized spacial score (nSPS) is 15.0. The highest BCUT2D eigenvalue weighted by atomic mass is 31.2. The highest BCUT2D eigenvalue weighted by molar-refractivity contribution is 7.47. The number of phosphoric acid groups is 2. The number of hydrogen-bond donors (Lipinski definition) is 3. The third-order valence-corrected chi connectivity index (χ3v) is 18.4. The summed E-state index contributed by atoms with van der Waals surface area (Å²) in [5.41, 5.74) is 0. The molecule has 0 aromatic rings. The summed E-state index contributed by atoms with van der Waals surface area (Å²) >= 11 is 0. The number of ether oxygens (including phenoxy) is 4. The Morgan fingerprint density at radius 1 is 0.367 bits per heavy atom. The van der Waals surface area contributed by atoms with Crippen LogP contribution in [0.4, 0.5) is 0 Å². The van der Waals surface area contributed by atoms with E-state index < -0.39 is 97.5 Å². The van der Waals surface area contributed by atoms with E-state index in [0.717, 1.165) is 127 Å². The van der Waals surface area contributed by atoms with E-state index in [9.17, 15) is 43.2 Å². The topological polar surface area (TPSA) is 237 Å². The average Bonchev–Trinajstić information content (AvgIpc) is 3.63. The third kappa shape index (κ3) is 61.7. The summed E-state index contributed by atoms with van der Waals surface area (Å²) in [6.45, 7) is 11.7. The molecule has 0 radical (unpaired) electrons. The number of carbonyl (C=O) groups is 4. The van der Waals surface area contributed by atoms with Gasteiger partial charge in [0, 0.05) is 25.7 Å². The van der Waals surface area contributed by atoms with Crippen molar-refractivity contribution >= 4 is 39.5 Å². The quantitative estimate of drug-likeness (QED) is 0.0169. The van der Waals surface area contributed by atoms with Gasteiger partial charge in [0.05, 0.1) is 26.4 Å². The average molecular weight is 1320 g/mol. The van der Waals surface area contributed by atoms with Gasteiger partial charge in [0.25, 0.3) is 0 Å². The van der Waals surface area contributed by atoms with E-state index in [-0.39, 0.29) is 25.7 Å². The molecule has 0 fully saturated rings. The van der Waals surface area contributed by atoms with Crippen molar-refractivity contribution < 1.29 is 80.2 Å². The molecular formula is C71H134O17P2. The lowest BCUT2D eigenvalue weighted by Gasteiger charge is -2.21. The van der Waals surface area contributed by atoms with Gasteiger partial charge in [0.15, 0.2) is 12.2 Å². The Morgan fingerprint density at radius 2 is 0.656 bits per heavy atom. The van der Waals surface area contributed by atoms with E-state index in [1.54, 1.807) is 0 Å². The van der Waals surface area contributed by atoms with Crippen molar-refractivity contribution in [2.24, 2.45) is 17.8 Å². The number of phosphoric ester groups is 2. The minimum Gasteiger partial charge on any atom is -0.462 e. The Morgan fingerprint density at radius 3 is 0.989 bits per heavy atom. The van der Waals surface area contributed by atoms with Gasteiger partial charge in [-0.3, -0.25) is 37.3 Å². The van der Waals surface area contributed by atoms with Crippen molar-refractivity contribution in [3.05, 3.63) is 24.3 Å². The molecule has 530 valence electrons. The summed E-state index contributed by atoms with van der Waals surface area (Å²) in [4.78, 5) is 72.5. The second-order valence-electron chi connectivity index (χ2n) is 25.9. The summed E-state index contributed by atoms with van der Waals surface area (Å²) in [6.07, 6.45) is 48.0. The summed E-state index contributed by atoms with van der Waals surface area (Å²) in [5, 5.41) is 10.6. The van der Waals surface area contributed by atoms with E-state index in [0.29, 0.717) is 31.6 Å². The molecule has 0 heterocycles. The fourth-order valence-electron chi connectivity index (χ4n) is 10.1. The summed E-state index contributed by atoms with van der Waals surface area (Å²) in [5.74, 6) is 0.0869. The first-order valence-electron chi connectivity index (χ1n) is 36.2. The van der Waals surface area contributed by atoms with Gasteiger partial charge in [-0.15, -0.1) is 0 Å². The van der Waals surface area contributed by atoms with Gasteiger partial charge in [-0.1, -0.05) is 278 Å². The second kappa shape index (κ2) is 61.4. The fraction of sp³-hybridized carbons (Fsp3) is 0.887. The van der Waals surface area contributed by atoms with Gasteiger partial charge in [0.2, 0.25) is 0 Å². The maximum atomic E-state index is 13.0. The number of hydrogen-bond acceptors (Lipinski definition) is 15. The Labute approximate surface area is 548 Å². The summed E-state index contributed by atoms with van der Waals surface area (Å²) in [7, 11) is -9.91. The molecular weight excluding hydrogens is 1190 g/mol. The van der Waals surface area contributed by atoms with Gasteiger partial charge in [-0.25, -0.2) is 9.13 Å². The van der Waals surface area contributed by atoms with Crippen molar-refractivity contribution in [2.45, 2.75) is 349 Å². The zero-order valence-corrected chi connectivity index (χ0v) is 59.9. The van der Waals surface area contributed by atoms with Crippen LogP contribution in [-0.4, -0.2) is 96.7 Å². The minimum atomic E-state index is -4.96. The number of unbranched alkanes of at least 4 members (excludes halogenated alkanes) is 30. The fourth-order valence-corrected chi connectivity index (χ4v) is 11.7. The van der Waals surface area contributed by atoms with Crippen LogP contribution in [0.1, 0.15) is 331 Å². The van der Waals surface area contributed by atoms with E-state index in [2.05, 4.69) is 72.8 Å². The van der Waals surface area contributed by atoms with Gasteiger partial charge in [-0.2, -0.15) is 0 Å². The molecule has 90 heavy (non-hydrogen) atoms. The standard InChI is InChI=1S/C71H134O17P2/c1-8-11-12-13-14-15-16-17-18-19-20-24-30-38-45-52-68(73)81-58-66(87-70(75)54-47-40-31-25-22-21-23-28-36-43-50-63(6)9-2)60-85-89(77,78)83-56-65(72)57-84-90(79,80)86-61-67(59-82-69(74)53-46-39-34-33-35-42-49-62(4)5)88-71(76)55-48-41-32-27-26-29-37-44-51-64(7)10-3/h15-18,62-67,72H,8-14,19-61H2,1-7H3,(H,77,78)(H,79,80)/b16-15-,18-17-/t63?,64?,65-,66-,67-/m1/s1. The molecule has 0 rings (SSSR count). The molecule has 0 bridgehead atoms. The molecule has 3 N–H and O–H groups in total. The second-order valence-corrected chi connectivity index (χ2v) is 28.8. The first kappa shape index (κ1) is 87.5. The van der Waals surface area contributed by atoms with Gasteiger partial charge in [0.1, 0.15) is 19.3 Å². The van der Waals surface area contributed by atoms with Crippen LogP contribution >= 0.6 is 15.6 Å². The molecule has 7 atom stereocenters. The predicted octanol–water partition coefficient (Wildman–Crippen LogP) is 19.8. The van der Waals surface area contributed by atoms with Crippen LogP contribution in [0.25, 0.3) is 0 Å². The van der Waals surface area contributed by atoms with Crippen LogP contribution in [0, 0.1) is 17.8 Å². The molecule has 0 spiro atoms. The van der Waals surface area contributed by atoms with Crippen LogP contribution in [0.3, 0.4) is 0 Å². The Kier molecular flexibility index (Phi) is 59.7. The van der Waals surface area contributed by atoms with Crippen LogP contribution in [0.2, 0.25) is 0 Å². The first-order chi connectivity index (χ1) is 43.3. The van der Waals surface area contributed by atoms with E-state index in [4.69, 9.17) is 37.0 Å². The Hall–Kier alpha value is -2.46. The van der Waals surface area contributed by atoms with E-state index in [1.165, 1.54) is 116 Å². The minimum absolute atomic E-state index is 0.0987. The molecule has 17 nitrogen and oxygen atoms in total. The Balaban J connectivity index is 5.29. The smallest absolute Gasteiger partial charge is 0.462 e. The molecule has 0 saturated carbocycles. The van der Waals surface area contributed by atoms with Crippen molar-refractivity contribution in [2.75, 3.05) is 39.6 Å². The number of aliphatic hydroxyl groups excluding tert-OH is 1. The molecule has 0 aromatic carbocycles. The van der Waals surface area contributed by atoms with Crippen LogP contribution < -0.4 is 0 Å². The van der Waals surface area contributed by atoms with Crippen molar-refractivity contribution in [1.82, 2.24) is 0 Å². The van der Waals surface area contributed by atoms with E-state index in [1.807, 2.05) is 0 Å². The lowest BCUT2D eigenvalue weighted by molar-refractivity contribution is -0.161. The van der Waals surface area contributed by atoms with Crippen LogP contribution in [0.15, 0.2) is 24.3 Å². The molecule has 19 heteroatoms. The number of aliphatic hydroxyl groups is 1. The zero-order chi connectivity index (χ0) is 66.6. The SMILES string of the molecule is CCCCCC/C=C\C=C/CCCCCCCC(=O)OC[C@H](COP(=O)(O)OC[C@@H](O)COP(=O)(O)OC[C@@H](COC(=O)CCCCCCCCC(C)C)OC(=O)CCCCCCCCCCC(C)CC)OC(=O)CCCCCCCCCCCCC(C)CC. The van der Waals surface area contributed by atoms with Crippen molar-refractivity contribution in [3.63, 3.8) is 0 Å². The van der Waals surface area contributed by atoms with Gasteiger partial charge in [-0.05, 0) is 69.1 Å². The van der Waals surface area contributed by atoms with Crippen molar-refractivity contribution in [1.29, 1.82) is 0 Å². The maximum Gasteiger partial charge on any atom is 0.472 e.